The van der Waals surface area contributed by atoms with Crippen molar-refractivity contribution in [3.8, 4) is 5.75 Å². The molecule has 1 atom stereocenters. The van der Waals surface area contributed by atoms with E-state index in [-0.39, 0.29) is 5.78 Å². The topological polar surface area (TPSA) is 26.3 Å². The predicted octanol–water partition coefficient (Wildman–Crippen LogP) is 3.72. The Kier molecular flexibility index (Phi) is 4.61. The van der Waals surface area contributed by atoms with Crippen molar-refractivity contribution >= 4 is 33.3 Å². The molecule has 0 fully saturated rings. The summed E-state index contributed by atoms with van der Waals surface area (Å²) in [6.07, 6.45) is 0. The Hall–Kier alpha value is -0.540. The van der Waals surface area contributed by atoms with Crippen molar-refractivity contribution in [2.45, 2.75) is 19.2 Å². The number of benzene rings is 1. The Morgan fingerprint density at radius 2 is 2.27 bits per heavy atom. The van der Waals surface area contributed by atoms with Crippen LogP contribution in [0.4, 0.5) is 0 Å². The van der Waals surface area contributed by atoms with Crippen LogP contribution in [0.1, 0.15) is 24.8 Å². The third-order valence-electron chi connectivity index (χ3n) is 1.90. The highest BCUT2D eigenvalue weighted by atomic mass is 79.9. The Labute approximate surface area is 103 Å². The Morgan fingerprint density at radius 3 is 2.80 bits per heavy atom. The molecule has 82 valence electrons. The maximum atomic E-state index is 11.1. The first kappa shape index (κ1) is 12.5. The standard InChI is InChI=1S/C11H12BrClO2/c1-3-15-10-6-8(4-5-9(10)12)11(13)7(2)14/h4-6,11H,3H2,1-2H3. The van der Waals surface area contributed by atoms with Gasteiger partial charge in [-0.3, -0.25) is 4.79 Å². The van der Waals surface area contributed by atoms with Crippen LogP contribution >= 0.6 is 27.5 Å². The maximum absolute atomic E-state index is 11.1. The van der Waals surface area contributed by atoms with Gasteiger partial charge in [-0.05, 0) is 47.5 Å². The monoisotopic (exact) mass is 290 g/mol. The van der Waals surface area contributed by atoms with Crippen LogP contribution in [0.15, 0.2) is 22.7 Å². The summed E-state index contributed by atoms with van der Waals surface area (Å²) in [5.41, 5.74) is 0.760. The molecular weight excluding hydrogens is 279 g/mol. The molecule has 0 aromatic heterocycles. The number of hydrogen-bond acceptors (Lipinski definition) is 2. The van der Waals surface area contributed by atoms with Gasteiger partial charge < -0.3 is 4.74 Å². The summed E-state index contributed by atoms with van der Waals surface area (Å²) in [6.45, 7) is 3.96. The van der Waals surface area contributed by atoms with Crippen LogP contribution in [0.2, 0.25) is 0 Å². The second-order valence-corrected chi connectivity index (χ2v) is 4.39. The van der Waals surface area contributed by atoms with Crippen LogP contribution in [0, 0.1) is 0 Å². The SMILES string of the molecule is CCOc1cc(C(Cl)C(C)=O)ccc1Br. The fourth-order valence-electron chi connectivity index (χ4n) is 1.18. The van der Waals surface area contributed by atoms with E-state index in [9.17, 15) is 4.79 Å². The van der Waals surface area contributed by atoms with E-state index >= 15 is 0 Å². The molecule has 2 nitrogen and oxygen atoms in total. The minimum atomic E-state index is -0.600. The molecule has 0 saturated heterocycles. The third kappa shape index (κ3) is 3.21. The van der Waals surface area contributed by atoms with E-state index in [1.54, 1.807) is 6.07 Å². The zero-order valence-electron chi connectivity index (χ0n) is 8.59. The molecule has 0 bridgehead atoms. The molecule has 0 radical (unpaired) electrons. The highest BCUT2D eigenvalue weighted by molar-refractivity contribution is 9.10. The lowest BCUT2D eigenvalue weighted by Gasteiger charge is -2.10. The number of alkyl halides is 1. The first-order chi connectivity index (χ1) is 7.06. The molecule has 0 saturated carbocycles. The van der Waals surface area contributed by atoms with Gasteiger partial charge in [-0.15, -0.1) is 11.6 Å². The van der Waals surface area contributed by atoms with Crippen molar-refractivity contribution in [3.63, 3.8) is 0 Å². The van der Waals surface area contributed by atoms with Gasteiger partial charge in [0, 0.05) is 0 Å². The fraction of sp³-hybridized carbons (Fsp3) is 0.364. The Bertz CT molecular complexity index is 366. The van der Waals surface area contributed by atoms with Crippen LogP contribution in [0.3, 0.4) is 0 Å². The first-order valence-electron chi connectivity index (χ1n) is 4.63. The second kappa shape index (κ2) is 5.52. The van der Waals surface area contributed by atoms with Gasteiger partial charge in [-0.25, -0.2) is 0 Å². The van der Waals surface area contributed by atoms with E-state index < -0.39 is 5.38 Å². The predicted molar refractivity (Wildman–Crippen MR) is 64.6 cm³/mol. The number of ether oxygens (including phenoxy) is 1. The van der Waals surface area contributed by atoms with E-state index in [2.05, 4.69) is 15.9 Å². The van der Waals surface area contributed by atoms with Crippen molar-refractivity contribution in [1.29, 1.82) is 0 Å². The average Bonchev–Trinajstić information content (AvgIpc) is 2.20. The summed E-state index contributed by atoms with van der Waals surface area (Å²) in [7, 11) is 0. The van der Waals surface area contributed by atoms with E-state index in [1.807, 2.05) is 19.1 Å². The smallest absolute Gasteiger partial charge is 0.152 e. The maximum Gasteiger partial charge on any atom is 0.152 e. The quantitative estimate of drug-likeness (QED) is 0.790. The van der Waals surface area contributed by atoms with Gasteiger partial charge in [-0.1, -0.05) is 6.07 Å². The van der Waals surface area contributed by atoms with Crippen LogP contribution in [0.5, 0.6) is 5.75 Å². The average molecular weight is 292 g/mol. The van der Waals surface area contributed by atoms with Crippen LogP contribution in [-0.2, 0) is 4.79 Å². The number of halogens is 2. The van der Waals surface area contributed by atoms with Crippen LogP contribution in [0.25, 0.3) is 0 Å². The first-order valence-corrected chi connectivity index (χ1v) is 5.86. The van der Waals surface area contributed by atoms with Crippen LogP contribution < -0.4 is 4.74 Å². The summed E-state index contributed by atoms with van der Waals surface area (Å²) >= 11 is 9.31. The lowest BCUT2D eigenvalue weighted by Crippen LogP contribution is -2.02. The molecule has 1 unspecified atom stereocenters. The summed E-state index contributed by atoms with van der Waals surface area (Å²) in [6, 6.07) is 5.43. The van der Waals surface area contributed by atoms with E-state index in [0.717, 1.165) is 10.0 Å². The lowest BCUT2D eigenvalue weighted by molar-refractivity contribution is -0.116. The van der Waals surface area contributed by atoms with E-state index in [0.29, 0.717) is 12.4 Å². The van der Waals surface area contributed by atoms with Crippen molar-refractivity contribution in [2.24, 2.45) is 0 Å². The molecule has 1 aromatic rings. The molecule has 0 aliphatic carbocycles. The van der Waals surface area contributed by atoms with Gasteiger partial charge in [0.2, 0.25) is 0 Å². The summed E-state index contributed by atoms with van der Waals surface area (Å²) in [5.74, 6) is 0.642. The van der Waals surface area contributed by atoms with Gasteiger partial charge in [-0.2, -0.15) is 0 Å². The minimum absolute atomic E-state index is 0.0681. The molecule has 1 rings (SSSR count). The zero-order chi connectivity index (χ0) is 11.4. The molecule has 0 spiro atoms. The summed E-state index contributed by atoms with van der Waals surface area (Å²) in [5, 5.41) is -0.600. The number of ketones is 1. The number of carbonyl (C=O) groups is 1. The number of Topliss-reactive ketones (excluding diaryl/α,β-unsaturated/α-hetero) is 1. The third-order valence-corrected chi connectivity index (χ3v) is 3.12. The lowest BCUT2D eigenvalue weighted by atomic mass is 10.1. The van der Waals surface area contributed by atoms with Gasteiger partial charge in [0.05, 0.1) is 11.1 Å². The molecule has 1 aromatic carbocycles. The molecule has 0 aliphatic heterocycles. The number of carbonyl (C=O) groups excluding carboxylic acids is 1. The number of hydrogen-bond donors (Lipinski definition) is 0. The second-order valence-electron chi connectivity index (χ2n) is 3.10. The van der Waals surface area contributed by atoms with Gasteiger partial charge in [0.25, 0.3) is 0 Å². The molecular formula is C11H12BrClO2. The van der Waals surface area contributed by atoms with Gasteiger partial charge >= 0.3 is 0 Å². The largest absolute Gasteiger partial charge is 0.493 e. The molecule has 0 aliphatic rings. The molecule has 0 amide bonds. The zero-order valence-corrected chi connectivity index (χ0v) is 10.9. The fourth-order valence-corrected chi connectivity index (χ4v) is 1.68. The highest BCUT2D eigenvalue weighted by Gasteiger charge is 2.14. The Morgan fingerprint density at radius 1 is 1.60 bits per heavy atom. The Balaban J connectivity index is 3.01. The van der Waals surface area contributed by atoms with Crippen molar-refractivity contribution in [2.75, 3.05) is 6.61 Å². The van der Waals surface area contributed by atoms with Crippen LogP contribution in [-0.4, -0.2) is 12.4 Å². The minimum Gasteiger partial charge on any atom is -0.493 e. The summed E-state index contributed by atoms with van der Waals surface area (Å²) < 4.78 is 6.25. The molecule has 4 heteroatoms. The van der Waals surface area contributed by atoms with Gasteiger partial charge in [0.1, 0.15) is 11.1 Å². The van der Waals surface area contributed by atoms with Crippen molar-refractivity contribution in [1.82, 2.24) is 0 Å². The molecule has 0 N–H and O–H groups in total. The van der Waals surface area contributed by atoms with E-state index in [1.165, 1.54) is 6.92 Å². The van der Waals surface area contributed by atoms with Gasteiger partial charge in [0.15, 0.2) is 5.78 Å². The van der Waals surface area contributed by atoms with Crippen molar-refractivity contribution < 1.29 is 9.53 Å². The summed E-state index contributed by atoms with van der Waals surface area (Å²) in [4.78, 5) is 11.1. The van der Waals surface area contributed by atoms with Crippen molar-refractivity contribution in [3.05, 3.63) is 28.2 Å². The normalized spacial score (nSPS) is 12.3. The highest BCUT2D eigenvalue weighted by Crippen LogP contribution is 2.31. The molecule has 0 heterocycles. The number of rotatable bonds is 4. The van der Waals surface area contributed by atoms with E-state index in [4.69, 9.17) is 16.3 Å². The molecule has 15 heavy (non-hydrogen) atoms.